The Labute approximate surface area is 80.8 Å². The largest absolute Gasteiger partial charge is 0.211 e. The van der Waals surface area contributed by atoms with Crippen molar-refractivity contribution in [2.75, 3.05) is 0 Å². The molecule has 1 rings (SSSR count). The van der Waals surface area contributed by atoms with Gasteiger partial charge in [-0.15, -0.1) is 0 Å². The van der Waals surface area contributed by atoms with Crippen LogP contribution in [-0.2, 0) is 0 Å². The van der Waals surface area contributed by atoms with Gasteiger partial charge in [0.15, 0.2) is 11.6 Å². The molecule has 0 unspecified atom stereocenters. The Kier molecular flexibility index (Phi) is 3.24. The molecule has 0 atom stereocenters. The number of halogens is 4. The molecule has 0 saturated carbocycles. The van der Waals surface area contributed by atoms with Crippen LogP contribution in [-0.4, -0.2) is 14.6 Å². The third-order valence-corrected chi connectivity index (χ3v) is 2.80. The van der Waals surface area contributed by atoms with Crippen LogP contribution in [0, 0.1) is 23.3 Å². The molecule has 0 aromatic heterocycles. The minimum atomic E-state index is -1.67. The first-order chi connectivity index (χ1) is 6.54. The highest BCUT2D eigenvalue weighted by molar-refractivity contribution is 6.65. The van der Waals surface area contributed by atoms with E-state index >= 15 is 0 Å². The molecule has 0 saturated heterocycles. The Bertz CT molecular complexity index is 330. The average Bonchev–Trinajstić information content (AvgIpc) is 2.20. The molecule has 0 aliphatic carbocycles. The van der Waals surface area contributed by atoms with Crippen LogP contribution in [0.2, 0.25) is 13.6 Å². The third-order valence-electron chi connectivity index (χ3n) is 2.80. The molecule has 1 aromatic carbocycles. The number of hydrogen-bond donors (Lipinski definition) is 0. The maximum absolute atomic E-state index is 13.2. The lowest BCUT2D eigenvalue weighted by molar-refractivity contribution is 0.415. The van der Waals surface area contributed by atoms with Crippen LogP contribution in [0.4, 0.5) is 17.6 Å². The highest BCUT2D eigenvalue weighted by Gasteiger charge is 2.16. The molecule has 6 heteroatoms. The summed E-state index contributed by atoms with van der Waals surface area (Å²) in [7, 11) is -1.81. The summed E-state index contributed by atoms with van der Waals surface area (Å²) in [6.45, 7) is 3.42. The van der Waals surface area contributed by atoms with Crippen LogP contribution < -0.4 is 10.9 Å². The molecule has 0 radical (unpaired) electrons. The van der Waals surface area contributed by atoms with Gasteiger partial charge < -0.3 is 0 Å². The van der Waals surface area contributed by atoms with E-state index in [1.54, 1.807) is 13.6 Å². The first-order valence-corrected chi connectivity index (χ1v) is 5.26. The number of benzene rings is 1. The van der Waals surface area contributed by atoms with Crippen molar-refractivity contribution in [2.24, 2.45) is 0 Å². The monoisotopic (exact) mass is 204 g/mol. The van der Waals surface area contributed by atoms with Gasteiger partial charge in [-0.3, -0.25) is 0 Å². The van der Waals surface area contributed by atoms with Crippen LogP contribution >= 0.6 is 0 Å². The summed E-state index contributed by atoms with van der Waals surface area (Å²) in [6.07, 6.45) is 0. The molecule has 14 heavy (non-hydrogen) atoms. The van der Waals surface area contributed by atoms with E-state index in [1.807, 2.05) is 0 Å². The van der Waals surface area contributed by atoms with Gasteiger partial charge in [-0.05, 0) is 14.6 Å². The lowest BCUT2D eigenvalue weighted by atomic mass is 9.59. The Morgan fingerprint density at radius 2 is 0.929 bits per heavy atom. The summed E-state index contributed by atoms with van der Waals surface area (Å²) >= 11 is 0. The van der Waals surface area contributed by atoms with Crippen molar-refractivity contribution in [3.05, 3.63) is 23.3 Å². The standard InChI is InChI=1S/C8H10B2F4/c1-9-3-4(10-2)6(12)8(14)7(13)5(3)11/h9-10H2,1-2H3/q-2. The highest BCUT2D eigenvalue weighted by atomic mass is 19.2. The van der Waals surface area contributed by atoms with Gasteiger partial charge in [0.25, 0.3) is 0 Å². The van der Waals surface area contributed by atoms with E-state index in [-0.39, 0.29) is 10.9 Å². The summed E-state index contributed by atoms with van der Waals surface area (Å²) in [4.78, 5) is 0. The maximum Gasteiger partial charge on any atom is 0.193 e. The van der Waals surface area contributed by atoms with E-state index in [4.69, 9.17) is 0 Å². The molecule has 0 heterocycles. The van der Waals surface area contributed by atoms with Crippen molar-refractivity contribution >= 4 is 25.5 Å². The molecule has 0 aliphatic rings. The van der Waals surface area contributed by atoms with Crippen LogP contribution in [0.5, 0.6) is 0 Å². The zero-order valence-electron chi connectivity index (χ0n) is 8.51. The van der Waals surface area contributed by atoms with E-state index in [0.29, 0.717) is 0 Å². The minimum Gasteiger partial charge on any atom is -0.211 e. The molecule has 0 amide bonds. The summed E-state index contributed by atoms with van der Waals surface area (Å²) in [5.74, 6) is -5.72. The Morgan fingerprint density at radius 3 is 1.14 bits per heavy atom. The second kappa shape index (κ2) is 4.07. The van der Waals surface area contributed by atoms with Crippen LogP contribution in [0.1, 0.15) is 0 Å². The summed E-state index contributed by atoms with van der Waals surface area (Å²) < 4.78 is 51.9. The van der Waals surface area contributed by atoms with Gasteiger partial charge in [-0.1, -0.05) is 0 Å². The van der Waals surface area contributed by atoms with Crippen molar-refractivity contribution in [1.82, 2.24) is 0 Å². The quantitative estimate of drug-likeness (QED) is 0.273. The molecule has 0 nitrogen and oxygen atoms in total. The van der Waals surface area contributed by atoms with Crippen molar-refractivity contribution in [3.8, 4) is 0 Å². The van der Waals surface area contributed by atoms with Crippen LogP contribution in [0.15, 0.2) is 0 Å². The van der Waals surface area contributed by atoms with E-state index in [0.717, 1.165) is 0 Å². The van der Waals surface area contributed by atoms with Gasteiger partial charge in [-0.25, -0.2) is 28.5 Å². The molecular weight excluding hydrogens is 194 g/mol. The van der Waals surface area contributed by atoms with Gasteiger partial charge in [0, 0.05) is 0 Å². The van der Waals surface area contributed by atoms with Gasteiger partial charge in [0.2, 0.25) is 0 Å². The van der Waals surface area contributed by atoms with E-state index in [1.165, 1.54) is 0 Å². The SMILES string of the molecule is C[BH2-]c1c(F)c(F)c(F)c(F)c1[BH2-]C. The lowest BCUT2D eigenvalue weighted by Crippen LogP contribution is -2.41. The predicted octanol–water partition coefficient (Wildman–Crippen LogP) is -0.0726. The van der Waals surface area contributed by atoms with Crippen molar-refractivity contribution < 1.29 is 17.6 Å². The summed E-state index contributed by atoms with van der Waals surface area (Å²) in [6, 6.07) is 0. The Morgan fingerprint density at radius 1 is 0.643 bits per heavy atom. The fraction of sp³-hybridized carbons (Fsp3) is 0.250. The summed E-state index contributed by atoms with van der Waals surface area (Å²) in [5, 5.41) is 0. The molecule has 0 aliphatic heterocycles. The normalized spacial score (nSPS) is 10.7. The average molecular weight is 204 g/mol. The zero-order valence-corrected chi connectivity index (χ0v) is 8.51. The molecule has 78 valence electrons. The van der Waals surface area contributed by atoms with Crippen molar-refractivity contribution in [2.45, 2.75) is 13.6 Å². The highest BCUT2D eigenvalue weighted by Crippen LogP contribution is 2.10. The fourth-order valence-electron chi connectivity index (χ4n) is 2.04. The van der Waals surface area contributed by atoms with Gasteiger partial charge in [0.05, 0.1) is 0 Å². The molecule has 0 fully saturated rings. The van der Waals surface area contributed by atoms with E-state index < -0.39 is 37.8 Å². The zero-order chi connectivity index (χ0) is 10.9. The van der Waals surface area contributed by atoms with E-state index in [9.17, 15) is 17.6 Å². The van der Waals surface area contributed by atoms with Gasteiger partial charge in [0.1, 0.15) is 11.6 Å². The topological polar surface area (TPSA) is 0 Å². The van der Waals surface area contributed by atoms with Crippen molar-refractivity contribution in [3.63, 3.8) is 0 Å². The molecular formula is C8H10B2F4-2. The minimum absolute atomic E-state index is 0.101. The number of hydrogen-bond acceptors (Lipinski definition) is 0. The second-order valence-electron chi connectivity index (χ2n) is 3.51. The fourth-order valence-corrected chi connectivity index (χ4v) is 2.04. The predicted molar refractivity (Wildman–Crippen MR) is 54.4 cm³/mol. The molecule has 0 bridgehead atoms. The van der Waals surface area contributed by atoms with Crippen LogP contribution in [0.3, 0.4) is 0 Å². The second-order valence-corrected chi connectivity index (χ2v) is 3.51. The van der Waals surface area contributed by atoms with Gasteiger partial charge in [-0.2, -0.15) is 13.6 Å². The summed E-state index contributed by atoms with van der Waals surface area (Å²) in [5.41, 5.74) is 0.202. The van der Waals surface area contributed by atoms with E-state index in [2.05, 4.69) is 0 Å². The molecule has 1 aromatic rings. The number of rotatable bonds is 2. The first-order valence-electron chi connectivity index (χ1n) is 5.26. The Balaban J connectivity index is 3.57. The molecule has 0 spiro atoms. The van der Waals surface area contributed by atoms with Crippen LogP contribution in [0.25, 0.3) is 0 Å². The maximum atomic E-state index is 13.2. The van der Waals surface area contributed by atoms with Crippen molar-refractivity contribution in [1.29, 1.82) is 0 Å². The third kappa shape index (κ3) is 1.53. The lowest BCUT2D eigenvalue weighted by Gasteiger charge is -2.19. The smallest absolute Gasteiger partial charge is 0.193 e. The first kappa shape index (κ1) is 11.1. The Hall–Kier alpha value is -0.930. The van der Waals surface area contributed by atoms with Gasteiger partial charge >= 0.3 is 0 Å². The molecule has 0 N–H and O–H groups in total.